The number of hydrogen-bond donors (Lipinski definition) is 1. The molecule has 1 aliphatic heterocycles. The van der Waals surface area contributed by atoms with E-state index in [0.29, 0.717) is 43.0 Å². The number of carbonyl (C=O) groups is 1. The number of amides is 1. The van der Waals surface area contributed by atoms with E-state index in [4.69, 9.17) is 9.47 Å². The third-order valence-corrected chi connectivity index (χ3v) is 3.70. The number of likely N-dealkylation sites (tertiary alicyclic amines) is 1. The molecule has 0 unspecified atom stereocenters. The summed E-state index contributed by atoms with van der Waals surface area (Å²) in [6.07, 6.45) is 0.946. The van der Waals surface area contributed by atoms with Crippen molar-refractivity contribution in [3.8, 4) is 11.5 Å². The molecule has 0 saturated carbocycles. The quantitative estimate of drug-likeness (QED) is 0.913. The van der Waals surface area contributed by atoms with Gasteiger partial charge in [-0.15, -0.1) is 0 Å². The van der Waals surface area contributed by atoms with E-state index in [1.807, 2.05) is 13.0 Å². The highest BCUT2D eigenvalue weighted by atomic mass is 16.5. The first-order valence-electron chi connectivity index (χ1n) is 6.76. The molecule has 20 heavy (non-hydrogen) atoms. The first-order chi connectivity index (χ1) is 9.56. The maximum absolute atomic E-state index is 12.6. The Kier molecular flexibility index (Phi) is 4.49. The average molecular weight is 279 g/mol. The van der Waals surface area contributed by atoms with Gasteiger partial charge in [-0.05, 0) is 37.5 Å². The van der Waals surface area contributed by atoms with Gasteiger partial charge < -0.3 is 19.5 Å². The molecular weight excluding hydrogens is 258 g/mol. The van der Waals surface area contributed by atoms with E-state index >= 15 is 0 Å². The van der Waals surface area contributed by atoms with Crippen LogP contribution >= 0.6 is 0 Å². The number of aliphatic hydroxyl groups excluding tert-OH is 1. The second-order valence-corrected chi connectivity index (χ2v) is 5.05. The van der Waals surface area contributed by atoms with Crippen LogP contribution in [0.4, 0.5) is 0 Å². The molecule has 1 fully saturated rings. The van der Waals surface area contributed by atoms with Crippen LogP contribution in [0.1, 0.15) is 28.8 Å². The Morgan fingerprint density at radius 3 is 2.35 bits per heavy atom. The molecule has 0 radical (unpaired) electrons. The van der Waals surface area contributed by atoms with Crippen LogP contribution < -0.4 is 9.47 Å². The smallest absolute Gasteiger partial charge is 0.257 e. The van der Waals surface area contributed by atoms with Gasteiger partial charge in [-0.2, -0.15) is 0 Å². The first kappa shape index (κ1) is 14.7. The topological polar surface area (TPSA) is 59.0 Å². The third kappa shape index (κ3) is 2.88. The summed E-state index contributed by atoms with van der Waals surface area (Å²) in [6.45, 7) is 3.05. The van der Waals surface area contributed by atoms with Crippen molar-refractivity contribution < 1.29 is 19.4 Å². The summed E-state index contributed by atoms with van der Waals surface area (Å²) in [4.78, 5) is 14.3. The summed E-state index contributed by atoms with van der Waals surface area (Å²) in [6, 6.07) is 3.53. The summed E-state index contributed by atoms with van der Waals surface area (Å²) < 4.78 is 10.6. The van der Waals surface area contributed by atoms with Crippen molar-refractivity contribution >= 4 is 5.91 Å². The van der Waals surface area contributed by atoms with Crippen LogP contribution in [-0.2, 0) is 0 Å². The van der Waals surface area contributed by atoms with Crippen molar-refractivity contribution in [2.24, 2.45) is 0 Å². The van der Waals surface area contributed by atoms with Gasteiger partial charge in [0.2, 0.25) is 0 Å². The van der Waals surface area contributed by atoms with Crippen LogP contribution in [0.5, 0.6) is 11.5 Å². The number of carbonyl (C=O) groups excluding carboxylic acids is 1. The highest BCUT2D eigenvalue weighted by Crippen LogP contribution is 2.29. The maximum atomic E-state index is 12.6. The van der Waals surface area contributed by atoms with Gasteiger partial charge in [0.1, 0.15) is 11.5 Å². The lowest BCUT2D eigenvalue weighted by Gasteiger charge is -2.30. The molecule has 0 aliphatic carbocycles. The van der Waals surface area contributed by atoms with Crippen molar-refractivity contribution in [3.63, 3.8) is 0 Å². The van der Waals surface area contributed by atoms with Crippen molar-refractivity contribution in [2.75, 3.05) is 27.3 Å². The average Bonchev–Trinajstić information content (AvgIpc) is 2.47. The largest absolute Gasteiger partial charge is 0.496 e. The number of hydrogen-bond acceptors (Lipinski definition) is 4. The van der Waals surface area contributed by atoms with Crippen molar-refractivity contribution in [3.05, 3.63) is 23.3 Å². The van der Waals surface area contributed by atoms with E-state index in [0.717, 1.165) is 5.56 Å². The summed E-state index contributed by atoms with van der Waals surface area (Å²) in [5.74, 6) is 1.15. The third-order valence-electron chi connectivity index (χ3n) is 3.70. The van der Waals surface area contributed by atoms with Crippen LogP contribution in [-0.4, -0.2) is 49.3 Å². The molecule has 0 atom stereocenters. The Morgan fingerprint density at radius 2 is 1.80 bits per heavy atom. The number of benzene rings is 1. The molecule has 0 aromatic heterocycles. The Morgan fingerprint density at radius 1 is 1.20 bits per heavy atom. The van der Waals surface area contributed by atoms with Gasteiger partial charge in [0.05, 0.1) is 25.9 Å². The minimum Gasteiger partial charge on any atom is -0.496 e. The standard InChI is InChI=1S/C15H21NO4/c1-10-8-14(20-3)12(9-13(10)19-2)15(18)16-6-4-11(17)5-7-16/h8-9,11,17H,4-7H2,1-3H3. The fourth-order valence-electron chi connectivity index (χ4n) is 2.46. The number of piperidine rings is 1. The van der Waals surface area contributed by atoms with Gasteiger partial charge in [0.25, 0.3) is 5.91 Å². The second kappa shape index (κ2) is 6.13. The SMILES string of the molecule is COc1cc(C(=O)N2CCC(O)CC2)c(OC)cc1C. The van der Waals surface area contributed by atoms with E-state index in [-0.39, 0.29) is 12.0 Å². The van der Waals surface area contributed by atoms with E-state index in [1.54, 1.807) is 25.2 Å². The van der Waals surface area contributed by atoms with E-state index in [9.17, 15) is 9.90 Å². The van der Waals surface area contributed by atoms with Gasteiger partial charge in [0.15, 0.2) is 0 Å². The molecule has 5 heteroatoms. The normalized spacial score (nSPS) is 16.1. The van der Waals surface area contributed by atoms with Crippen LogP contribution in [0, 0.1) is 6.92 Å². The zero-order chi connectivity index (χ0) is 14.7. The summed E-state index contributed by atoms with van der Waals surface area (Å²) in [5.41, 5.74) is 1.43. The molecule has 0 spiro atoms. The molecule has 0 bridgehead atoms. The Balaban J connectivity index is 2.28. The van der Waals surface area contributed by atoms with Gasteiger partial charge in [-0.3, -0.25) is 4.79 Å². The zero-order valence-corrected chi connectivity index (χ0v) is 12.2. The van der Waals surface area contributed by atoms with E-state index in [1.165, 1.54) is 0 Å². The van der Waals surface area contributed by atoms with E-state index in [2.05, 4.69) is 0 Å². The van der Waals surface area contributed by atoms with Crippen LogP contribution in [0.3, 0.4) is 0 Å². The van der Waals surface area contributed by atoms with Gasteiger partial charge in [-0.25, -0.2) is 0 Å². The monoisotopic (exact) mass is 279 g/mol. The molecule has 1 amide bonds. The van der Waals surface area contributed by atoms with Gasteiger partial charge in [0, 0.05) is 13.1 Å². The highest BCUT2D eigenvalue weighted by molar-refractivity contribution is 5.97. The molecular formula is C15H21NO4. The second-order valence-electron chi connectivity index (χ2n) is 5.05. The van der Waals surface area contributed by atoms with Crippen molar-refractivity contribution in [1.29, 1.82) is 0 Å². The first-order valence-corrected chi connectivity index (χ1v) is 6.76. The van der Waals surface area contributed by atoms with Gasteiger partial charge in [-0.1, -0.05) is 0 Å². The van der Waals surface area contributed by atoms with Crippen molar-refractivity contribution in [2.45, 2.75) is 25.9 Å². The predicted molar refractivity (Wildman–Crippen MR) is 75.4 cm³/mol. The van der Waals surface area contributed by atoms with Crippen LogP contribution in [0.25, 0.3) is 0 Å². The Labute approximate surface area is 119 Å². The van der Waals surface area contributed by atoms with Gasteiger partial charge >= 0.3 is 0 Å². The van der Waals surface area contributed by atoms with Crippen LogP contribution in [0.15, 0.2) is 12.1 Å². The fourth-order valence-corrected chi connectivity index (χ4v) is 2.46. The number of aliphatic hydroxyl groups is 1. The molecule has 2 rings (SSSR count). The summed E-state index contributed by atoms with van der Waals surface area (Å²) >= 11 is 0. The molecule has 110 valence electrons. The number of nitrogens with zero attached hydrogens (tertiary/aromatic N) is 1. The molecule has 1 saturated heterocycles. The number of ether oxygens (including phenoxy) is 2. The minimum atomic E-state index is -0.298. The Hall–Kier alpha value is -1.75. The number of aryl methyl sites for hydroxylation is 1. The Bertz CT molecular complexity index is 493. The predicted octanol–water partition coefficient (Wildman–Crippen LogP) is 1.61. The van der Waals surface area contributed by atoms with Crippen LogP contribution in [0.2, 0.25) is 0 Å². The molecule has 1 N–H and O–H groups in total. The summed E-state index contributed by atoms with van der Waals surface area (Å²) in [7, 11) is 3.14. The lowest BCUT2D eigenvalue weighted by atomic mass is 10.0. The molecule has 1 aromatic rings. The molecule has 1 heterocycles. The number of rotatable bonds is 3. The van der Waals surface area contributed by atoms with Crippen molar-refractivity contribution in [1.82, 2.24) is 4.90 Å². The molecule has 1 aliphatic rings. The maximum Gasteiger partial charge on any atom is 0.257 e. The summed E-state index contributed by atoms with van der Waals surface area (Å²) in [5, 5.41) is 9.52. The lowest BCUT2D eigenvalue weighted by molar-refractivity contribution is 0.0543. The molecule has 1 aromatic carbocycles. The minimum absolute atomic E-state index is 0.0768. The highest BCUT2D eigenvalue weighted by Gasteiger charge is 2.25. The molecule has 5 nitrogen and oxygen atoms in total. The number of methoxy groups -OCH3 is 2. The fraction of sp³-hybridized carbons (Fsp3) is 0.533. The lowest BCUT2D eigenvalue weighted by Crippen LogP contribution is -2.40. The van der Waals surface area contributed by atoms with E-state index < -0.39 is 0 Å². The zero-order valence-electron chi connectivity index (χ0n) is 12.2.